The van der Waals surface area contributed by atoms with Crippen molar-refractivity contribution in [2.45, 2.75) is 20.8 Å². The van der Waals surface area contributed by atoms with Crippen LogP contribution in [0.2, 0.25) is 0 Å². The van der Waals surface area contributed by atoms with Crippen LogP contribution in [-0.2, 0) is 14.3 Å². The Bertz CT molecular complexity index is 939. The highest BCUT2D eigenvalue weighted by Crippen LogP contribution is 2.43. The lowest BCUT2D eigenvalue weighted by Crippen LogP contribution is -2.08. The largest absolute Gasteiger partial charge is 0.493 e. The van der Waals surface area contributed by atoms with Crippen molar-refractivity contribution >= 4 is 22.9 Å². The van der Waals surface area contributed by atoms with E-state index in [1.807, 2.05) is 0 Å². The maximum absolute atomic E-state index is 11.6. The van der Waals surface area contributed by atoms with E-state index >= 15 is 0 Å². The summed E-state index contributed by atoms with van der Waals surface area (Å²) < 4.78 is 26.3. The van der Waals surface area contributed by atoms with Crippen LogP contribution in [-0.4, -0.2) is 32.3 Å². The van der Waals surface area contributed by atoms with Crippen molar-refractivity contribution in [3.8, 4) is 17.2 Å². The molecule has 0 amide bonds. The van der Waals surface area contributed by atoms with Crippen molar-refractivity contribution in [1.29, 1.82) is 0 Å². The number of carbonyl (C=O) groups excluding carboxylic acids is 2. The molecule has 0 aliphatic heterocycles. The number of benzene rings is 1. The molecule has 2 aromatic rings. The molecule has 144 valence electrons. The second-order valence-corrected chi connectivity index (χ2v) is 5.65. The maximum Gasteiger partial charge on any atom is 0.336 e. The number of methoxy groups -OCH3 is 1. The molecule has 2 rings (SSSR count). The smallest absolute Gasteiger partial charge is 0.336 e. The van der Waals surface area contributed by atoms with Gasteiger partial charge in [-0.3, -0.25) is 9.59 Å². The van der Waals surface area contributed by atoms with E-state index in [-0.39, 0.29) is 36.3 Å². The third-order valence-corrected chi connectivity index (χ3v) is 3.41. The molecule has 0 atom stereocenters. The van der Waals surface area contributed by atoms with Crippen LogP contribution in [0.4, 0.5) is 0 Å². The summed E-state index contributed by atoms with van der Waals surface area (Å²) in [5.41, 5.74) is 0.253. The van der Waals surface area contributed by atoms with Crippen LogP contribution in [0, 0.1) is 0 Å². The van der Waals surface area contributed by atoms with Gasteiger partial charge in [0.05, 0.1) is 7.11 Å². The SMILES string of the molecule is COc1cc2ccc(=O)oc2c(OC(C)=O)c1OC/C=C(/C)COC(C)=O. The zero-order valence-corrected chi connectivity index (χ0v) is 15.5. The number of esters is 2. The Labute approximate surface area is 155 Å². The van der Waals surface area contributed by atoms with Gasteiger partial charge in [-0.2, -0.15) is 0 Å². The summed E-state index contributed by atoms with van der Waals surface area (Å²) in [5.74, 6) is -0.611. The van der Waals surface area contributed by atoms with Gasteiger partial charge >= 0.3 is 17.6 Å². The molecule has 8 nitrogen and oxygen atoms in total. The predicted octanol–water partition coefficient (Wildman–Crippen LogP) is 2.62. The van der Waals surface area contributed by atoms with E-state index in [9.17, 15) is 14.4 Å². The first kappa shape index (κ1) is 20.0. The first-order valence-electron chi connectivity index (χ1n) is 8.07. The van der Waals surface area contributed by atoms with Gasteiger partial charge in [0, 0.05) is 25.3 Å². The van der Waals surface area contributed by atoms with Crippen molar-refractivity contribution in [2.24, 2.45) is 0 Å². The van der Waals surface area contributed by atoms with Crippen LogP contribution in [0.5, 0.6) is 17.2 Å². The molecule has 1 heterocycles. The van der Waals surface area contributed by atoms with Gasteiger partial charge in [0.2, 0.25) is 11.5 Å². The molecular weight excluding hydrogens is 356 g/mol. The minimum atomic E-state index is -0.609. The Morgan fingerprint density at radius 3 is 2.48 bits per heavy atom. The number of fused-ring (bicyclic) bond motifs is 1. The van der Waals surface area contributed by atoms with Gasteiger partial charge in [0.1, 0.15) is 13.2 Å². The molecule has 0 N–H and O–H groups in total. The van der Waals surface area contributed by atoms with Crippen molar-refractivity contribution < 1.29 is 33.0 Å². The van der Waals surface area contributed by atoms with E-state index in [0.29, 0.717) is 11.1 Å². The van der Waals surface area contributed by atoms with Gasteiger partial charge in [0.15, 0.2) is 11.3 Å². The summed E-state index contributed by atoms with van der Waals surface area (Å²) >= 11 is 0. The normalized spacial score (nSPS) is 11.2. The third kappa shape index (κ3) is 5.34. The van der Waals surface area contributed by atoms with Crippen molar-refractivity contribution in [1.82, 2.24) is 0 Å². The van der Waals surface area contributed by atoms with Crippen LogP contribution in [0.1, 0.15) is 20.8 Å². The molecule has 0 unspecified atom stereocenters. The van der Waals surface area contributed by atoms with E-state index in [1.54, 1.807) is 19.1 Å². The van der Waals surface area contributed by atoms with Crippen LogP contribution in [0.25, 0.3) is 11.0 Å². The molecule has 27 heavy (non-hydrogen) atoms. The Kier molecular flexibility index (Phi) is 6.59. The molecule has 0 spiro atoms. The minimum Gasteiger partial charge on any atom is -0.493 e. The fourth-order valence-corrected chi connectivity index (χ4v) is 2.21. The van der Waals surface area contributed by atoms with E-state index in [1.165, 1.54) is 33.1 Å². The Balaban J connectivity index is 2.40. The molecule has 0 aliphatic carbocycles. The first-order chi connectivity index (χ1) is 12.8. The average molecular weight is 376 g/mol. The summed E-state index contributed by atoms with van der Waals surface area (Å²) in [7, 11) is 1.44. The molecule has 0 fully saturated rings. The number of carbonyl (C=O) groups is 2. The van der Waals surface area contributed by atoms with E-state index in [2.05, 4.69) is 0 Å². The second kappa shape index (κ2) is 8.88. The zero-order chi connectivity index (χ0) is 20.0. The number of hydrogen-bond acceptors (Lipinski definition) is 8. The molecule has 0 saturated carbocycles. The Hall–Kier alpha value is -3.29. The van der Waals surface area contributed by atoms with Crippen LogP contribution in [0.15, 0.2) is 39.1 Å². The van der Waals surface area contributed by atoms with Gasteiger partial charge in [-0.1, -0.05) is 0 Å². The van der Waals surface area contributed by atoms with Gasteiger partial charge in [0.25, 0.3) is 0 Å². The quantitative estimate of drug-likeness (QED) is 0.315. The zero-order valence-electron chi connectivity index (χ0n) is 15.5. The summed E-state index contributed by atoms with van der Waals surface area (Å²) in [6.45, 7) is 4.54. The number of hydrogen-bond donors (Lipinski definition) is 0. The van der Waals surface area contributed by atoms with Gasteiger partial charge < -0.3 is 23.4 Å². The van der Waals surface area contributed by atoms with Crippen LogP contribution < -0.4 is 19.8 Å². The number of rotatable bonds is 7. The molecule has 0 aliphatic rings. The van der Waals surface area contributed by atoms with E-state index in [0.717, 1.165) is 5.57 Å². The first-order valence-corrected chi connectivity index (χ1v) is 8.07. The maximum atomic E-state index is 11.6. The topological polar surface area (TPSA) is 101 Å². The van der Waals surface area contributed by atoms with Crippen LogP contribution in [0.3, 0.4) is 0 Å². The highest BCUT2D eigenvalue weighted by Gasteiger charge is 2.21. The summed E-state index contributed by atoms with van der Waals surface area (Å²) in [5, 5.41) is 0.511. The summed E-state index contributed by atoms with van der Waals surface area (Å²) in [4.78, 5) is 34.0. The molecule has 0 bridgehead atoms. The average Bonchev–Trinajstić information content (AvgIpc) is 2.61. The van der Waals surface area contributed by atoms with Gasteiger partial charge in [-0.15, -0.1) is 0 Å². The summed E-state index contributed by atoms with van der Waals surface area (Å²) in [6, 6.07) is 4.39. The highest BCUT2D eigenvalue weighted by molar-refractivity contribution is 5.90. The second-order valence-electron chi connectivity index (χ2n) is 5.65. The lowest BCUT2D eigenvalue weighted by molar-refractivity contribution is -0.140. The molecular formula is C19H20O8. The summed E-state index contributed by atoms with van der Waals surface area (Å²) in [6.07, 6.45) is 1.70. The van der Waals surface area contributed by atoms with Gasteiger partial charge in [-0.25, -0.2) is 4.79 Å². The van der Waals surface area contributed by atoms with Crippen molar-refractivity contribution in [3.05, 3.63) is 40.3 Å². The minimum absolute atomic E-state index is 0.0411. The lowest BCUT2D eigenvalue weighted by Gasteiger charge is -2.15. The Morgan fingerprint density at radius 2 is 1.85 bits per heavy atom. The third-order valence-electron chi connectivity index (χ3n) is 3.41. The standard InChI is InChI=1S/C19H20O8/c1-11(10-25-12(2)20)7-8-24-18-15(23-4)9-14-5-6-16(22)27-17(14)19(18)26-13(3)21/h5-7,9H,8,10H2,1-4H3/b11-7-. The van der Waals surface area contributed by atoms with E-state index in [4.69, 9.17) is 23.4 Å². The molecule has 1 aromatic carbocycles. The van der Waals surface area contributed by atoms with E-state index < -0.39 is 11.6 Å². The van der Waals surface area contributed by atoms with Crippen LogP contribution >= 0.6 is 0 Å². The fraction of sp³-hybridized carbons (Fsp3) is 0.316. The van der Waals surface area contributed by atoms with Crippen molar-refractivity contribution in [2.75, 3.05) is 20.3 Å². The van der Waals surface area contributed by atoms with Crippen molar-refractivity contribution in [3.63, 3.8) is 0 Å². The monoisotopic (exact) mass is 376 g/mol. The predicted molar refractivity (Wildman–Crippen MR) is 96.2 cm³/mol. The molecule has 8 heteroatoms. The molecule has 0 saturated heterocycles. The fourth-order valence-electron chi connectivity index (χ4n) is 2.21. The lowest BCUT2D eigenvalue weighted by atomic mass is 10.2. The highest BCUT2D eigenvalue weighted by atomic mass is 16.6. The Morgan fingerprint density at radius 1 is 1.11 bits per heavy atom. The molecule has 1 aromatic heterocycles. The molecule has 0 radical (unpaired) electrons. The number of ether oxygens (including phenoxy) is 4. The van der Waals surface area contributed by atoms with Gasteiger partial charge in [-0.05, 0) is 30.7 Å².